The molecular weight excluding hydrogens is 246 g/mol. The summed E-state index contributed by atoms with van der Waals surface area (Å²) >= 11 is 0. The molecule has 2 aromatic rings. The SMILES string of the molecule is Cn1c(=O)c2[nH]c(NC3CCCC3)[nH+]c2n(C)c1=O. The number of aromatic nitrogens is 4. The van der Waals surface area contributed by atoms with Crippen molar-refractivity contribution in [1.29, 1.82) is 0 Å². The van der Waals surface area contributed by atoms with Crippen molar-refractivity contribution >= 4 is 17.1 Å². The monoisotopic (exact) mass is 264 g/mol. The average Bonchev–Trinajstić information content (AvgIpc) is 3.04. The van der Waals surface area contributed by atoms with Gasteiger partial charge in [0.25, 0.3) is 5.56 Å². The van der Waals surface area contributed by atoms with Crippen LogP contribution in [0.1, 0.15) is 25.7 Å². The molecule has 0 bridgehead atoms. The number of nitrogens with zero attached hydrogens (tertiary/aromatic N) is 2. The van der Waals surface area contributed by atoms with Crippen LogP contribution in [0.5, 0.6) is 0 Å². The second-order valence-electron chi connectivity index (χ2n) is 5.18. The molecule has 0 radical (unpaired) electrons. The molecule has 1 fully saturated rings. The number of H-pyrrole nitrogens is 2. The zero-order valence-corrected chi connectivity index (χ0v) is 11.1. The molecule has 19 heavy (non-hydrogen) atoms. The summed E-state index contributed by atoms with van der Waals surface area (Å²) in [6.45, 7) is 0. The van der Waals surface area contributed by atoms with Gasteiger partial charge in [-0.2, -0.15) is 0 Å². The number of rotatable bonds is 2. The van der Waals surface area contributed by atoms with Gasteiger partial charge in [-0.1, -0.05) is 12.8 Å². The first kappa shape index (κ1) is 12.0. The zero-order valence-electron chi connectivity index (χ0n) is 11.1. The first-order valence-corrected chi connectivity index (χ1v) is 6.55. The molecule has 0 spiro atoms. The molecule has 7 nitrogen and oxygen atoms in total. The number of nitrogens with one attached hydrogen (secondary N) is 3. The normalized spacial score (nSPS) is 16.3. The second-order valence-corrected chi connectivity index (χ2v) is 5.18. The Kier molecular flexibility index (Phi) is 2.69. The Morgan fingerprint density at radius 3 is 2.58 bits per heavy atom. The predicted molar refractivity (Wildman–Crippen MR) is 71.2 cm³/mol. The molecule has 1 saturated carbocycles. The fourth-order valence-electron chi connectivity index (χ4n) is 2.72. The van der Waals surface area contributed by atoms with Crippen LogP contribution in [0, 0.1) is 0 Å². The summed E-state index contributed by atoms with van der Waals surface area (Å²) in [4.78, 5) is 30.0. The molecular formula is C12H18N5O2+. The van der Waals surface area contributed by atoms with Crippen molar-refractivity contribution in [2.24, 2.45) is 14.1 Å². The van der Waals surface area contributed by atoms with Crippen LogP contribution in [0.15, 0.2) is 9.59 Å². The van der Waals surface area contributed by atoms with E-state index in [0.717, 1.165) is 17.4 Å². The van der Waals surface area contributed by atoms with Crippen LogP contribution >= 0.6 is 0 Å². The fourth-order valence-corrected chi connectivity index (χ4v) is 2.72. The van der Waals surface area contributed by atoms with Gasteiger partial charge in [0, 0.05) is 7.05 Å². The van der Waals surface area contributed by atoms with Crippen LogP contribution in [-0.2, 0) is 14.1 Å². The molecule has 2 heterocycles. The standard InChI is InChI=1S/C12H17N5O2/c1-16-9-8(10(18)17(2)12(16)19)14-11(15-9)13-7-5-3-4-6-7/h7H,3-6H2,1-2H3,(H2,13,14,15)/p+1. The van der Waals surface area contributed by atoms with Crippen LogP contribution in [-0.4, -0.2) is 20.2 Å². The highest BCUT2D eigenvalue weighted by atomic mass is 16.2. The van der Waals surface area contributed by atoms with Crippen LogP contribution in [0.4, 0.5) is 5.95 Å². The highest BCUT2D eigenvalue weighted by Crippen LogP contribution is 2.20. The van der Waals surface area contributed by atoms with E-state index in [2.05, 4.69) is 15.3 Å². The molecule has 1 aliphatic carbocycles. The van der Waals surface area contributed by atoms with Crippen LogP contribution < -0.4 is 21.5 Å². The lowest BCUT2D eigenvalue weighted by Crippen LogP contribution is -2.38. The van der Waals surface area contributed by atoms with E-state index in [-0.39, 0.29) is 11.2 Å². The fraction of sp³-hybridized carbons (Fsp3) is 0.583. The molecule has 0 amide bonds. The van der Waals surface area contributed by atoms with Crippen molar-refractivity contribution in [3.05, 3.63) is 20.8 Å². The van der Waals surface area contributed by atoms with Crippen molar-refractivity contribution in [3.63, 3.8) is 0 Å². The molecule has 102 valence electrons. The summed E-state index contributed by atoms with van der Waals surface area (Å²) < 4.78 is 2.54. The van der Waals surface area contributed by atoms with Crippen molar-refractivity contribution < 1.29 is 4.98 Å². The maximum Gasteiger partial charge on any atom is 0.374 e. The topological polar surface area (TPSA) is 86.0 Å². The Balaban J connectivity index is 2.10. The number of imidazole rings is 1. The van der Waals surface area contributed by atoms with Crippen molar-refractivity contribution in [2.45, 2.75) is 31.7 Å². The number of anilines is 1. The molecule has 0 aliphatic heterocycles. The predicted octanol–water partition coefficient (Wildman–Crippen LogP) is -0.266. The van der Waals surface area contributed by atoms with Gasteiger partial charge in [-0.25, -0.2) is 14.3 Å². The van der Waals surface area contributed by atoms with Gasteiger partial charge in [0.1, 0.15) is 0 Å². The minimum atomic E-state index is -0.333. The van der Waals surface area contributed by atoms with E-state index >= 15 is 0 Å². The van der Waals surface area contributed by atoms with Crippen LogP contribution in [0.2, 0.25) is 0 Å². The number of hydrogen-bond donors (Lipinski definition) is 2. The third kappa shape index (κ3) is 1.85. The van der Waals surface area contributed by atoms with E-state index in [1.165, 1.54) is 24.5 Å². The average molecular weight is 264 g/mol. The van der Waals surface area contributed by atoms with Gasteiger partial charge in [0.2, 0.25) is 11.2 Å². The summed E-state index contributed by atoms with van der Waals surface area (Å²) in [5.74, 6) is 0.695. The molecule has 1 aliphatic rings. The smallest absolute Gasteiger partial charge is 0.294 e. The maximum atomic E-state index is 12.0. The Bertz CT molecular complexity index is 733. The summed E-state index contributed by atoms with van der Waals surface area (Å²) in [5.41, 5.74) is 0.299. The molecule has 7 heteroatoms. The number of hydrogen-bond acceptors (Lipinski definition) is 3. The first-order chi connectivity index (χ1) is 9.08. The van der Waals surface area contributed by atoms with Gasteiger partial charge in [0.05, 0.1) is 13.1 Å². The van der Waals surface area contributed by atoms with Gasteiger partial charge < -0.3 is 0 Å². The number of fused-ring (bicyclic) bond motifs is 1. The lowest BCUT2D eigenvalue weighted by molar-refractivity contribution is -0.332. The number of aromatic amines is 2. The van der Waals surface area contributed by atoms with E-state index in [9.17, 15) is 9.59 Å². The highest BCUT2D eigenvalue weighted by molar-refractivity contribution is 5.67. The summed E-state index contributed by atoms with van der Waals surface area (Å²) in [7, 11) is 3.13. The van der Waals surface area contributed by atoms with Gasteiger partial charge in [-0.05, 0) is 12.8 Å². The quantitative estimate of drug-likeness (QED) is 0.783. The molecule has 3 rings (SSSR count). The van der Waals surface area contributed by atoms with E-state index in [1.807, 2.05) is 0 Å². The van der Waals surface area contributed by atoms with Gasteiger partial charge in [0.15, 0.2) is 0 Å². The Morgan fingerprint density at radius 1 is 1.21 bits per heavy atom. The molecule has 2 aromatic heterocycles. The lowest BCUT2D eigenvalue weighted by Gasteiger charge is -2.04. The summed E-state index contributed by atoms with van der Waals surface area (Å²) in [6, 6.07) is 0.435. The number of aryl methyl sites for hydroxylation is 1. The van der Waals surface area contributed by atoms with Gasteiger partial charge in [-0.3, -0.25) is 19.7 Å². The summed E-state index contributed by atoms with van der Waals surface area (Å²) in [5, 5.41) is 3.35. The zero-order chi connectivity index (χ0) is 13.6. The molecule has 0 unspecified atom stereocenters. The van der Waals surface area contributed by atoms with E-state index in [0.29, 0.717) is 23.2 Å². The largest absolute Gasteiger partial charge is 0.374 e. The Labute approximate surface area is 109 Å². The van der Waals surface area contributed by atoms with Crippen LogP contribution in [0.3, 0.4) is 0 Å². The van der Waals surface area contributed by atoms with Gasteiger partial charge in [-0.15, -0.1) is 0 Å². The minimum Gasteiger partial charge on any atom is -0.294 e. The van der Waals surface area contributed by atoms with Crippen molar-refractivity contribution in [3.8, 4) is 0 Å². The highest BCUT2D eigenvalue weighted by Gasteiger charge is 2.22. The Morgan fingerprint density at radius 2 is 1.89 bits per heavy atom. The van der Waals surface area contributed by atoms with Crippen molar-refractivity contribution in [1.82, 2.24) is 14.1 Å². The Hall–Kier alpha value is -2.05. The maximum absolute atomic E-state index is 12.0. The molecule has 0 aromatic carbocycles. The van der Waals surface area contributed by atoms with E-state index in [4.69, 9.17) is 0 Å². The first-order valence-electron chi connectivity index (χ1n) is 6.55. The van der Waals surface area contributed by atoms with Gasteiger partial charge >= 0.3 is 11.6 Å². The lowest BCUT2D eigenvalue weighted by atomic mass is 10.3. The third-order valence-electron chi connectivity index (χ3n) is 3.86. The van der Waals surface area contributed by atoms with E-state index in [1.54, 1.807) is 7.05 Å². The summed E-state index contributed by atoms with van der Waals surface area (Å²) in [6.07, 6.45) is 4.75. The molecule has 3 N–H and O–H groups in total. The molecule has 0 saturated heterocycles. The van der Waals surface area contributed by atoms with E-state index < -0.39 is 0 Å². The third-order valence-corrected chi connectivity index (χ3v) is 3.86. The molecule has 0 atom stereocenters. The van der Waals surface area contributed by atoms with Crippen LogP contribution in [0.25, 0.3) is 11.2 Å². The second kappa shape index (κ2) is 4.25. The van der Waals surface area contributed by atoms with Crippen molar-refractivity contribution in [2.75, 3.05) is 5.32 Å². The minimum absolute atomic E-state index is 0.311.